The highest BCUT2D eigenvalue weighted by Gasteiger charge is 2.20. The number of allylic oxidation sites excluding steroid dienone is 1. The summed E-state index contributed by atoms with van der Waals surface area (Å²) in [5, 5.41) is 15.3. The SMILES string of the molecule is C=CCn1c(SCC(=O)Nc2ccc(C)cc2)nnc1C(C)NC(=O)c1cccc(Cl)c1. The largest absolute Gasteiger partial charge is 0.342 e. The normalized spacial score (nSPS) is 11.6. The van der Waals surface area contributed by atoms with Crippen molar-refractivity contribution >= 4 is 40.9 Å². The molecule has 0 saturated carbocycles. The Morgan fingerprint density at radius 1 is 1.22 bits per heavy atom. The predicted molar refractivity (Wildman–Crippen MR) is 128 cm³/mol. The summed E-state index contributed by atoms with van der Waals surface area (Å²) >= 11 is 7.25. The van der Waals surface area contributed by atoms with Gasteiger partial charge in [-0.05, 0) is 44.2 Å². The van der Waals surface area contributed by atoms with Crippen LogP contribution in [0, 0.1) is 6.92 Å². The molecular formula is C23H24ClN5O2S. The van der Waals surface area contributed by atoms with Gasteiger partial charge in [0.1, 0.15) is 0 Å². The van der Waals surface area contributed by atoms with Crippen LogP contribution in [0.1, 0.15) is 34.7 Å². The molecule has 1 aromatic heterocycles. The number of carbonyl (C=O) groups is 2. The molecule has 9 heteroatoms. The summed E-state index contributed by atoms with van der Waals surface area (Å²) in [5.74, 6) is 0.337. The van der Waals surface area contributed by atoms with Crippen molar-refractivity contribution in [2.45, 2.75) is 31.6 Å². The van der Waals surface area contributed by atoms with Crippen molar-refractivity contribution in [3.05, 3.63) is 83.2 Å². The van der Waals surface area contributed by atoms with Crippen molar-refractivity contribution in [2.75, 3.05) is 11.1 Å². The van der Waals surface area contributed by atoms with E-state index in [1.807, 2.05) is 42.7 Å². The average molecular weight is 470 g/mol. The maximum absolute atomic E-state index is 12.6. The van der Waals surface area contributed by atoms with Gasteiger partial charge in [-0.25, -0.2) is 0 Å². The van der Waals surface area contributed by atoms with Gasteiger partial charge in [0.15, 0.2) is 11.0 Å². The van der Waals surface area contributed by atoms with Gasteiger partial charge in [-0.1, -0.05) is 53.2 Å². The van der Waals surface area contributed by atoms with Gasteiger partial charge in [-0.3, -0.25) is 9.59 Å². The number of anilines is 1. The van der Waals surface area contributed by atoms with Gasteiger partial charge in [0.05, 0.1) is 11.8 Å². The molecule has 0 aliphatic heterocycles. The molecule has 2 aromatic carbocycles. The lowest BCUT2D eigenvalue weighted by molar-refractivity contribution is -0.113. The lowest BCUT2D eigenvalue weighted by Gasteiger charge is -2.15. The lowest BCUT2D eigenvalue weighted by Crippen LogP contribution is -2.28. The first-order valence-corrected chi connectivity index (χ1v) is 11.3. The van der Waals surface area contributed by atoms with E-state index in [0.717, 1.165) is 11.3 Å². The van der Waals surface area contributed by atoms with Gasteiger partial charge < -0.3 is 15.2 Å². The maximum Gasteiger partial charge on any atom is 0.251 e. The number of aryl methyl sites for hydroxylation is 1. The van der Waals surface area contributed by atoms with Crippen LogP contribution >= 0.6 is 23.4 Å². The number of halogens is 1. The van der Waals surface area contributed by atoms with Crippen molar-refractivity contribution < 1.29 is 9.59 Å². The molecule has 2 N–H and O–H groups in total. The number of aromatic nitrogens is 3. The van der Waals surface area contributed by atoms with Crippen LogP contribution in [0.4, 0.5) is 5.69 Å². The molecule has 3 rings (SSSR count). The standard InChI is InChI=1S/C23H24ClN5O2S/c1-4-12-29-21(16(3)25-22(31)17-6-5-7-18(24)13-17)27-28-23(29)32-14-20(30)26-19-10-8-15(2)9-11-19/h4-11,13,16H,1,12,14H2,2-3H3,(H,25,31)(H,26,30). The molecule has 2 amide bonds. The second kappa shape index (κ2) is 11.0. The van der Waals surface area contributed by atoms with Gasteiger partial charge in [0.25, 0.3) is 5.91 Å². The lowest BCUT2D eigenvalue weighted by atomic mass is 10.2. The number of benzene rings is 2. The molecule has 0 radical (unpaired) electrons. The number of carbonyl (C=O) groups excluding carboxylic acids is 2. The van der Waals surface area contributed by atoms with E-state index in [1.54, 1.807) is 30.3 Å². The van der Waals surface area contributed by atoms with Crippen molar-refractivity contribution in [1.82, 2.24) is 20.1 Å². The van der Waals surface area contributed by atoms with Gasteiger partial charge in [0.2, 0.25) is 5.91 Å². The minimum Gasteiger partial charge on any atom is -0.342 e. The first-order valence-electron chi connectivity index (χ1n) is 9.97. The highest BCUT2D eigenvalue weighted by atomic mass is 35.5. The summed E-state index contributed by atoms with van der Waals surface area (Å²) in [6, 6.07) is 13.9. The highest BCUT2D eigenvalue weighted by Crippen LogP contribution is 2.22. The molecule has 0 aliphatic rings. The van der Waals surface area contributed by atoms with E-state index in [0.29, 0.717) is 28.1 Å². The maximum atomic E-state index is 12.6. The number of hydrogen-bond donors (Lipinski definition) is 2. The zero-order chi connectivity index (χ0) is 23.1. The van der Waals surface area contributed by atoms with E-state index in [4.69, 9.17) is 11.6 Å². The van der Waals surface area contributed by atoms with Crippen molar-refractivity contribution in [1.29, 1.82) is 0 Å². The molecular weight excluding hydrogens is 446 g/mol. The van der Waals surface area contributed by atoms with Gasteiger partial charge >= 0.3 is 0 Å². The second-order valence-corrected chi connectivity index (χ2v) is 8.53. The molecule has 1 heterocycles. The summed E-state index contributed by atoms with van der Waals surface area (Å²) in [7, 11) is 0. The van der Waals surface area contributed by atoms with Crippen LogP contribution in [-0.4, -0.2) is 32.3 Å². The highest BCUT2D eigenvalue weighted by molar-refractivity contribution is 7.99. The Kier molecular flexibility index (Phi) is 8.08. The molecule has 1 atom stereocenters. The summed E-state index contributed by atoms with van der Waals surface area (Å²) in [6.45, 7) is 8.05. The Morgan fingerprint density at radius 3 is 2.66 bits per heavy atom. The van der Waals surface area contributed by atoms with E-state index < -0.39 is 6.04 Å². The van der Waals surface area contributed by atoms with Crippen molar-refractivity contribution in [3.63, 3.8) is 0 Å². The van der Waals surface area contributed by atoms with Crippen LogP contribution in [0.3, 0.4) is 0 Å². The molecule has 0 aliphatic carbocycles. The molecule has 166 valence electrons. The van der Waals surface area contributed by atoms with Crippen LogP contribution < -0.4 is 10.6 Å². The fourth-order valence-corrected chi connectivity index (χ4v) is 3.91. The number of thioether (sulfide) groups is 1. The fraction of sp³-hybridized carbons (Fsp3) is 0.217. The van der Waals surface area contributed by atoms with Crippen LogP contribution in [0.25, 0.3) is 0 Å². The molecule has 0 bridgehead atoms. The zero-order valence-electron chi connectivity index (χ0n) is 17.8. The molecule has 0 spiro atoms. The third-order valence-corrected chi connectivity index (χ3v) is 5.75. The molecule has 32 heavy (non-hydrogen) atoms. The predicted octanol–water partition coefficient (Wildman–Crippen LogP) is 4.65. The van der Waals surface area contributed by atoms with Crippen molar-refractivity contribution in [3.8, 4) is 0 Å². The molecule has 7 nitrogen and oxygen atoms in total. The minimum atomic E-state index is -0.412. The minimum absolute atomic E-state index is 0.143. The number of nitrogens with one attached hydrogen (secondary N) is 2. The number of hydrogen-bond acceptors (Lipinski definition) is 5. The third kappa shape index (κ3) is 6.21. The molecule has 0 saturated heterocycles. The smallest absolute Gasteiger partial charge is 0.251 e. The number of amides is 2. The van der Waals surface area contributed by atoms with E-state index >= 15 is 0 Å². The van der Waals surface area contributed by atoms with Gasteiger partial charge in [0, 0.05) is 22.8 Å². The van der Waals surface area contributed by atoms with Crippen LogP contribution in [-0.2, 0) is 11.3 Å². The quantitative estimate of drug-likeness (QED) is 0.352. The topological polar surface area (TPSA) is 88.9 Å². The van der Waals surface area contributed by atoms with Crippen LogP contribution in [0.15, 0.2) is 66.3 Å². The number of nitrogens with zero attached hydrogens (tertiary/aromatic N) is 3. The molecule has 0 fully saturated rings. The van der Waals surface area contributed by atoms with E-state index in [-0.39, 0.29) is 17.6 Å². The summed E-state index contributed by atoms with van der Waals surface area (Å²) in [5.41, 5.74) is 2.33. The van der Waals surface area contributed by atoms with E-state index in [2.05, 4.69) is 27.4 Å². The Morgan fingerprint density at radius 2 is 1.97 bits per heavy atom. The Labute approximate surface area is 196 Å². The van der Waals surface area contributed by atoms with Crippen LogP contribution in [0.2, 0.25) is 5.02 Å². The van der Waals surface area contributed by atoms with Gasteiger partial charge in [-0.15, -0.1) is 16.8 Å². The third-order valence-electron chi connectivity index (χ3n) is 4.55. The van der Waals surface area contributed by atoms with Crippen molar-refractivity contribution in [2.24, 2.45) is 0 Å². The monoisotopic (exact) mass is 469 g/mol. The molecule has 3 aromatic rings. The second-order valence-electron chi connectivity index (χ2n) is 7.15. The fourth-order valence-electron chi connectivity index (χ4n) is 2.97. The summed E-state index contributed by atoms with van der Waals surface area (Å²) in [6.07, 6.45) is 1.72. The Balaban J connectivity index is 1.66. The Bertz CT molecular complexity index is 1110. The Hall–Kier alpha value is -3.10. The van der Waals surface area contributed by atoms with Crippen LogP contribution in [0.5, 0.6) is 0 Å². The average Bonchev–Trinajstić information content (AvgIpc) is 3.17. The molecule has 1 unspecified atom stereocenters. The zero-order valence-corrected chi connectivity index (χ0v) is 19.4. The number of rotatable bonds is 9. The summed E-state index contributed by atoms with van der Waals surface area (Å²) < 4.78 is 1.83. The first-order chi connectivity index (χ1) is 15.4. The van der Waals surface area contributed by atoms with E-state index in [9.17, 15) is 9.59 Å². The van der Waals surface area contributed by atoms with E-state index in [1.165, 1.54) is 11.8 Å². The van der Waals surface area contributed by atoms with Gasteiger partial charge in [-0.2, -0.15) is 0 Å². The first kappa shape index (κ1) is 23.6. The summed E-state index contributed by atoms with van der Waals surface area (Å²) in [4.78, 5) is 24.9.